The molecule has 1 saturated carbocycles. The molecule has 0 radical (unpaired) electrons. The van der Waals surface area contributed by atoms with Gasteiger partial charge >= 0.3 is 0 Å². The number of morpholine rings is 1. The Morgan fingerprint density at radius 3 is 2.90 bits per heavy atom. The summed E-state index contributed by atoms with van der Waals surface area (Å²) in [6.45, 7) is 0.631. The lowest BCUT2D eigenvalue weighted by Crippen LogP contribution is -2.57. The molecular weight excluding hydrogens is 395 g/mol. The van der Waals surface area contributed by atoms with Gasteiger partial charge in [0.1, 0.15) is 18.5 Å². The number of hydrogen-bond acceptors (Lipinski definition) is 3. The van der Waals surface area contributed by atoms with Crippen LogP contribution in [0, 0.1) is 5.82 Å². The first kappa shape index (κ1) is 21.6. The van der Waals surface area contributed by atoms with E-state index < -0.39 is 0 Å². The molecule has 0 aromatic heterocycles. The molecule has 1 N–H and O–H groups in total. The summed E-state index contributed by atoms with van der Waals surface area (Å²) in [5.74, 6) is -0.606. The van der Waals surface area contributed by atoms with Crippen LogP contribution in [0.3, 0.4) is 0 Å². The fourth-order valence-corrected chi connectivity index (χ4v) is 4.81. The predicted molar refractivity (Wildman–Crippen MR) is 117 cm³/mol. The summed E-state index contributed by atoms with van der Waals surface area (Å²) in [4.78, 5) is 27.5. The van der Waals surface area contributed by atoms with E-state index in [9.17, 15) is 14.0 Å². The van der Waals surface area contributed by atoms with Crippen LogP contribution in [0.15, 0.2) is 41.7 Å². The maximum atomic E-state index is 13.6. The van der Waals surface area contributed by atoms with E-state index in [1.807, 2.05) is 0 Å². The van der Waals surface area contributed by atoms with E-state index in [2.05, 4.69) is 11.4 Å². The van der Waals surface area contributed by atoms with Crippen molar-refractivity contribution in [3.63, 3.8) is 0 Å². The number of allylic oxidation sites excluding steroid dienone is 1. The van der Waals surface area contributed by atoms with Crippen molar-refractivity contribution in [3.05, 3.63) is 53.1 Å². The molecule has 2 amide bonds. The Hall–Kier alpha value is -2.63. The minimum atomic E-state index is -0.363. The molecule has 0 spiro atoms. The Kier molecular flexibility index (Phi) is 7.05. The second-order valence-electron chi connectivity index (χ2n) is 8.71. The van der Waals surface area contributed by atoms with Crippen molar-refractivity contribution < 1.29 is 18.7 Å². The molecule has 1 aromatic rings. The third-order valence-electron chi connectivity index (χ3n) is 6.43. The van der Waals surface area contributed by atoms with Gasteiger partial charge < -0.3 is 15.0 Å². The minimum Gasteiger partial charge on any atom is -0.482 e. The standard InChI is InChI=1S/C25H31FN2O3/c26-20-10-6-9-19(15-20)16-23-25(30)28(21-11-4-5-12-22(21)31-23)17-24(29)27-14-13-18-7-2-1-3-8-18/h6-7,9-10,15-16,21-22H,1-5,8,11-14,17H2,(H,27,29)/b23-16+. The molecule has 6 heteroatoms. The van der Waals surface area contributed by atoms with E-state index in [1.165, 1.54) is 30.5 Å². The predicted octanol–water partition coefficient (Wildman–Crippen LogP) is 4.34. The average Bonchev–Trinajstić information content (AvgIpc) is 2.77. The number of carbonyl (C=O) groups excluding carboxylic acids is 2. The van der Waals surface area contributed by atoms with Crippen molar-refractivity contribution >= 4 is 17.9 Å². The molecule has 2 atom stereocenters. The average molecular weight is 427 g/mol. The van der Waals surface area contributed by atoms with Gasteiger partial charge in [0.05, 0.1) is 6.04 Å². The zero-order chi connectivity index (χ0) is 21.6. The van der Waals surface area contributed by atoms with Crippen molar-refractivity contribution in [2.24, 2.45) is 0 Å². The van der Waals surface area contributed by atoms with Crippen LogP contribution in [-0.2, 0) is 14.3 Å². The monoisotopic (exact) mass is 426 g/mol. The molecule has 2 fully saturated rings. The Bertz CT molecular complexity index is 879. The van der Waals surface area contributed by atoms with Crippen LogP contribution >= 0.6 is 0 Å². The SMILES string of the molecule is O=C(CN1C(=O)/C(=C\c2cccc(F)c2)OC2CCCCC21)NCCC1=CCCCC1. The number of carbonyl (C=O) groups is 2. The first-order chi connectivity index (χ1) is 15.1. The van der Waals surface area contributed by atoms with Gasteiger partial charge in [0.15, 0.2) is 5.76 Å². The summed E-state index contributed by atoms with van der Waals surface area (Å²) in [6.07, 6.45) is 13.1. The third-order valence-corrected chi connectivity index (χ3v) is 6.43. The van der Waals surface area contributed by atoms with Crippen LogP contribution in [0.5, 0.6) is 0 Å². The van der Waals surface area contributed by atoms with Crippen molar-refractivity contribution in [2.45, 2.75) is 69.9 Å². The molecule has 2 aliphatic carbocycles. The largest absolute Gasteiger partial charge is 0.482 e. The van der Waals surface area contributed by atoms with Crippen LogP contribution in [0.4, 0.5) is 4.39 Å². The van der Waals surface area contributed by atoms with E-state index in [4.69, 9.17) is 4.74 Å². The quantitative estimate of drug-likeness (QED) is 0.544. The first-order valence-corrected chi connectivity index (χ1v) is 11.5. The molecular formula is C25H31FN2O3. The summed E-state index contributed by atoms with van der Waals surface area (Å²) in [5, 5.41) is 2.98. The highest BCUT2D eigenvalue weighted by atomic mass is 19.1. The smallest absolute Gasteiger partial charge is 0.289 e. The van der Waals surface area contributed by atoms with Crippen LogP contribution in [-0.4, -0.2) is 41.9 Å². The van der Waals surface area contributed by atoms with Gasteiger partial charge in [-0.25, -0.2) is 4.39 Å². The van der Waals surface area contributed by atoms with E-state index in [-0.39, 0.29) is 42.1 Å². The molecule has 0 bridgehead atoms. The molecule has 166 valence electrons. The topological polar surface area (TPSA) is 58.6 Å². The molecule has 1 aromatic carbocycles. The fraction of sp³-hybridized carbons (Fsp3) is 0.520. The van der Waals surface area contributed by atoms with Crippen LogP contribution in [0.1, 0.15) is 63.4 Å². The molecule has 1 saturated heterocycles. The van der Waals surface area contributed by atoms with Crippen molar-refractivity contribution in [1.82, 2.24) is 10.2 Å². The van der Waals surface area contributed by atoms with Crippen molar-refractivity contribution in [1.29, 1.82) is 0 Å². The normalized spacial score (nSPS) is 24.9. The van der Waals surface area contributed by atoms with Crippen molar-refractivity contribution in [3.8, 4) is 0 Å². The number of halogens is 1. The van der Waals surface area contributed by atoms with Crippen molar-refractivity contribution in [2.75, 3.05) is 13.1 Å². The zero-order valence-corrected chi connectivity index (χ0v) is 17.9. The molecule has 1 aliphatic heterocycles. The van der Waals surface area contributed by atoms with E-state index in [1.54, 1.807) is 23.1 Å². The number of fused-ring (bicyclic) bond motifs is 1. The summed E-state index contributed by atoms with van der Waals surface area (Å²) < 4.78 is 19.6. The maximum absolute atomic E-state index is 13.6. The highest BCUT2D eigenvalue weighted by molar-refractivity contribution is 5.98. The number of amides is 2. The summed E-state index contributed by atoms with van der Waals surface area (Å²) in [5.41, 5.74) is 1.99. The van der Waals surface area contributed by atoms with Gasteiger partial charge in [-0.3, -0.25) is 9.59 Å². The minimum absolute atomic E-state index is 0.0307. The maximum Gasteiger partial charge on any atom is 0.289 e. The van der Waals surface area contributed by atoms with Gasteiger partial charge in [-0.05, 0) is 75.1 Å². The number of hydrogen-bond donors (Lipinski definition) is 1. The third kappa shape index (κ3) is 5.54. The number of nitrogens with one attached hydrogen (secondary N) is 1. The van der Waals surface area contributed by atoms with Crippen LogP contribution in [0.25, 0.3) is 6.08 Å². The van der Waals surface area contributed by atoms with E-state index in [0.29, 0.717) is 12.1 Å². The Labute approximate surface area is 183 Å². The molecule has 2 unspecified atom stereocenters. The van der Waals surface area contributed by atoms with Gasteiger partial charge in [0.25, 0.3) is 5.91 Å². The lowest BCUT2D eigenvalue weighted by molar-refractivity contribution is -0.151. The second kappa shape index (κ2) is 10.1. The second-order valence-corrected chi connectivity index (χ2v) is 8.71. The lowest BCUT2D eigenvalue weighted by Gasteiger charge is -2.44. The summed E-state index contributed by atoms with van der Waals surface area (Å²) in [6, 6.07) is 5.98. The van der Waals surface area contributed by atoms with Gasteiger partial charge in [0, 0.05) is 6.54 Å². The van der Waals surface area contributed by atoms with Crippen LogP contribution in [0.2, 0.25) is 0 Å². The summed E-state index contributed by atoms with van der Waals surface area (Å²) in [7, 11) is 0. The van der Waals surface area contributed by atoms with Gasteiger partial charge in [-0.2, -0.15) is 0 Å². The molecule has 1 heterocycles. The molecule has 3 aliphatic rings. The number of ether oxygens (including phenoxy) is 1. The molecule has 5 nitrogen and oxygen atoms in total. The lowest BCUT2D eigenvalue weighted by atomic mass is 9.89. The molecule has 31 heavy (non-hydrogen) atoms. The Balaban J connectivity index is 1.42. The highest BCUT2D eigenvalue weighted by Gasteiger charge is 2.42. The zero-order valence-electron chi connectivity index (χ0n) is 17.9. The van der Waals surface area contributed by atoms with Gasteiger partial charge in [-0.1, -0.05) is 30.2 Å². The summed E-state index contributed by atoms with van der Waals surface area (Å²) >= 11 is 0. The van der Waals surface area contributed by atoms with Gasteiger partial charge in [-0.15, -0.1) is 0 Å². The highest BCUT2D eigenvalue weighted by Crippen LogP contribution is 2.33. The number of nitrogens with zero attached hydrogens (tertiary/aromatic N) is 1. The number of rotatable bonds is 6. The van der Waals surface area contributed by atoms with Gasteiger partial charge in [0.2, 0.25) is 5.91 Å². The first-order valence-electron chi connectivity index (χ1n) is 11.5. The fourth-order valence-electron chi connectivity index (χ4n) is 4.81. The van der Waals surface area contributed by atoms with E-state index in [0.717, 1.165) is 44.9 Å². The Morgan fingerprint density at radius 1 is 1.23 bits per heavy atom. The van der Waals surface area contributed by atoms with E-state index >= 15 is 0 Å². The molecule has 4 rings (SSSR count). The number of benzene rings is 1. The Morgan fingerprint density at radius 2 is 2.10 bits per heavy atom. The van der Waals surface area contributed by atoms with Crippen LogP contribution < -0.4 is 5.32 Å².